The van der Waals surface area contributed by atoms with Crippen LogP contribution >= 0.6 is 0 Å². The van der Waals surface area contributed by atoms with Crippen molar-refractivity contribution in [2.75, 3.05) is 6.61 Å². The molecule has 4 heterocycles. The van der Waals surface area contributed by atoms with Gasteiger partial charge in [-0.1, -0.05) is 19.2 Å². The molecule has 0 aromatic heterocycles. The fourth-order valence-corrected chi connectivity index (χ4v) is 5.13. The third-order valence-corrected chi connectivity index (χ3v) is 6.90. The Labute approximate surface area is 185 Å². The molecule has 32 heavy (non-hydrogen) atoms. The molecule has 4 aliphatic rings. The minimum Gasteiger partial charge on any atom is -0.455 e. The molecule has 4 aliphatic heterocycles. The standard InChI is InChI=1S/C23H26O9/c1-6-14-19(27)31-21(5)10-16(29-17(25)12(2)11-24)23-13(3)18(26)30-15(23)9-20(4,28)7-8-22(14,21)32-23/h6,9,16,24,28H,2-3,7-8,10-11H2,1,4-5H3/b14-6+,15-9+/t16-,20+,21+,22+,23+/m0/s1. The fourth-order valence-electron chi connectivity index (χ4n) is 5.13. The van der Waals surface area contributed by atoms with E-state index < -0.39 is 53.0 Å². The van der Waals surface area contributed by atoms with Gasteiger partial charge in [0, 0.05) is 6.42 Å². The van der Waals surface area contributed by atoms with Crippen LogP contribution in [-0.2, 0) is 33.3 Å². The SMILES string of the molecule is C=C(CO)C(=O)O[C@H]1C[C@@]2(C)OC(=O)/C(=C\C)[C@]23CC[C@@](C)(O)/C=C2/OC(=O)C(=C)[C@@]21O3. The number of carbonyl (C=O) groups is 3. The predicted molar refractivity (Wildman–Crippen MR) is 109 cm³/mol. The molecule has 2 bridgehead atoms. The Bertz CT molecular complexity index is 1020. The second-order valence-electron chi connectivity index (χ2n) is 9.08. The summed E-state index contributed by atoms with van der Waals surface area (Å²) in [6.07, 6.45) is 2.02. The molecular weight excluding hydrogens is 420 g/mol. The van der Waals surface area contributed by atoms with Gasteiger partial charge in [-0.05, 0) is 39.7 Å². The number of aliphatic hydroxyl groups excluding tert-OH is 1. The van der Waals surface area contributed by atoms with Gasteiger partial charge in [0.15, 0.2) is 5.60 Å². The van der Waals surface area contributed by atoms with Crippen LogP contribution in [0.15, 0.2) is 47.8 Å². The summed E-state index contributed by atoms with van der Waals surface area (Å²) >= 11 is 0. The van der Waals surface area contributed by atoms with Gasteiger partial charge in [-0.25, -0.2) is 14.4 Å². The normalized spacial score (nSPS) is 43.3. The Morgan fingerprint density at radius 1 is 1.31 bits per heavy atom. The van der Waals surface area contributed by atoms with Crippen molar-refractivity contribution in [2.24, 2.45) is 0 Å². The first-order valence-corrected chi connectivity index (χ1v) is 10.3. The largest absolute Gasteiger partial charge is 0.455 e. The quantitative estimate of drug-likeness (QED) is 0.373. The Balaban J connectivity index is 1.98. The van der Waals surface area contributed by atoms with Crippen molar-refractivity contribution in [3.63, 3.8) is 0 Å². The van der Waals surface area contributed by atoms with Gasteiger partial charge >= 0.3 is 17.9 Å². The van der Waals surface area contributed by atoms with Crippen LogP contribution in [0.5, 0.6) is 0 Å². The first-order chi connectivity index (χ1) is 14.9. The van der Waals surface area contributed by atoms with E-state index in [4.69, 9.17) is 18.9 Å². The van der Waals surface area contributed by atoms with Crippen molar-refractivity contribution in [1.29, 1.82) is 0 Å². The van der Waals surface area contributed by atoms with Crippen LogP contribution in [0.3, 0.4) is 0 Å². The Kier molecular flexibility index (Phi) is 4.82. The number of rotatable bonds is 3. The monoisotopic (exact) mass is 446 g/mol. The molecule has 5 atom stereocenters. The van der Waals surface area contributed by atoms with Gasteiger partial charge in [0.05, 0.1) is 28.9 Å². The van der Waals surface area contributed by atoms with Gasteiger partial charge in [0.25, 0.3) is 0 Å². The second-order valence-corrected chi connectivity index (χ2v) is 9.08. The van der Waals surface area contributed by atoms with Crippen LogP contribution in [0.1, 0.15) is 40.0 Å². The van der Waals surface area contributed by atoms with Gasteiger partial charge in [-0.2, -0.15) is 0 Å². The molecule has 3 saturated heterocycles. The fraction of sp³-hybridized carbons (Fsp3) is 0.522. The van der Waals surface area contributed by atoms with Gasteiger partial charge < -0.3 is 29.2 Å². The van der Waals surface area contributed by atoms with Crippen LogP contribution in [0.25, 0.3) is 0 Å². The lowest BCUT2D eigenvalue weighted by molar-refractivity contribution is -0.265. The predicted octanol–water partition coefficient (Wildman–Crippen LogP) is 1.15. The van der Waals surface area contributed by atoms with Crippen molar-refractivity contribution < 1.29 is 43.5 Å². The maximum absolute atomic E-state index is 12.8. The minimum absolute atomic E-state index is 0.0460. The van der Waals surface area contributed by atoms with E-state index in [0.717, 1.165) is 0 Å². The van der Waals surface area contributed by atoms with Crippen molar-refractivity contribution >= 4 is 17.9 Å². The highest BCUT2D eigenvalue weighted by atomic mass is 16.7. The van der Waals surface area contributed by atoms with Crippen molar-refractivity contribution in [2.45, 2.75) is 68.5 Å². The number of aliphatic hydroxyl groups is 2. The molecule has 0 radical (unpaired) electrons. The summed E-state index contributed by atoms with van der Waals surface area (Å²) in [5.41, 5.74) is -5.98. The highest BCUT2D eigenvalue weighted by Crippen LogP contribution is 2.61. The van der Waals surface area contributed by atoms with Crippen LogP contribution in [0.4, 0.5) is 0 Å². The summed E-state index contributed by atoms with van der Waals surface area (Å²) in [4.78, 5) is 38.0. The van der Waals surface area contributed by atoms with Gasteiger partial charge in [0.2, 0.25) is 0 Å². The highest BCUT2D eigenvalue weighted by Gasteiger charge is 2.75. The molecular formula is C23H26O9. The second kappa shape index (κ2) is 6.87. The Hall–Kier alpha value is -2.75. The Morgan fingerprint density at radius 2 is 2.00 bits per heavy atom. The summed E-state index contributed by atoms with van der Waals surface area (Å²) in [5, 5.41) is 20.3. The maximum atomic E-state index is 12.8. The summed E-state index contributed by atoms with van der Waals surface area (Å²) in [6, 6.07) is 0. The number of ether oxygens (including phenoxy) is 4. The van der Waals surface area contributed by atoms with Crippen molar-refractivity contribution in [3.8, 4) is 0 Å². The zero-order valence-corrected chi connectivity index (χ0v) is 18.2. The van der Waals surface area contributed by atoms with E-state index >= 15 is 0 Å². The smallest absolute Gasteiger partial charge is 0.342 e. The summed E-state index contributed by atoms with van der Waals surface area (Å²) in [6.45, 7) is 11.6. The topological polar surface area (TPSA) is 129 Å². The van der Waals surface area contributed by atoms with Crippen LogP contribution in [-0.4, -0.2) is 63.2 Å². The lowest BCUT2D eigenvalue weighted by atomic mass is 9.65. The van der Waals surface area contributed by atoms with Gasteiger partial charge in [-0.3, -0.25) is 0 Å². The van der Waals surface area contributed by atoms with Gasteiger partial charge in [-0.15, -0.1) is 0 Å². The summed E-state index contributed by atoms with van der Waals surface area (Å²) in [7, 11) is 0. The molecule has 0 aromatic carbocycles. The number of hydrogen-bond donors (Lipinski definition) is 2. The summed E-state index contributed by atoms with van der Waals surface area (Å²) in [5.74, 6) is -2.39. The van der Waals surface area contributed by atoms with E-state index in [1.54, 1.807) is 26.8 Å². The molecule has 0 saturated carbocycles. The molecule has 9 nitrogen and oxygen atoms in total. The molecule has 172 valence electrons. The highest BCUT2D eigenvalue weighted by molar-refractivity contribution is 5.98. The Morgan fingerprint density at radius 3 is 2.62 bits per heavy atom. The number of carbonyl (C=O) groups excluding carboxylic acids is 3. The average molecular weight is 446 g/mol. The van der Waals surface area contributed by atoms with Gasteiger partial charge in [0.1, 0.15) is 23.1 Å². The average Bonchev–Trinajstić information content (AvgIpc) is 3.06. The molecule has 0 aromatic rings. The third kappa shape index (κ3) is 2.78. The first-order valence-electron chi connectivity index (χ1n) is 10.3. The molecule has 0 aliphatic carbocycles. The first kappa shape index (κ1) is 22.4. The van der Waals surface area contributed by atoms with E-state index in [0.29, 0.717) is 0 Å². The molecule has 9 heteroatoms. The number of esters is 3. The zero-order chi connectivity index (χ0) is 23.7. The molecule has 3 fully saturated rings. The molecule has 0 unspecified atom stereocenters. The van der Waals surface area contributed by atoms with Crippen LogP contribution < -0.4 is 0 Å². The minimum atomic E-state index is -1.80. The zero-order valence-electron chi connectivity index (χ0n) is 18.2. The van der Waals surface area contributed by atoms with Crippen LogP contribution in [0, 0.1) is 0 Å². The van der Waals surface area contributed by atoms with E-state index in [2.05, 4.69) is 13.2 Å². The lowest BCUT2D eigenvalue weighted by Gasteiger charge is -2.55. The number of allylic oxidation sites excluding steroid dienone is 1. The molecule has 2 N–H and O–H groups in total. The van der Waals surface area contributed by atoms with E-state index in [9.17, 15) is 24.6 Å². The van der Waals surface area contributed by atoms with Crippen molar-refractivity contribution in [1.82, 2.24) is 0 Å². The van der Waals surface area contributed by atoms with E-state index in [1.165, 1.54) is 6.08 Å². The molecule has 2 spiro atoms. The lowest BCUT2D eigenvalue weighted by Crippen LogP contribution is -2.68. The van der Waals surface area contributed by atoms with Crippen LogP contribution in [0.2, 0.25) is 0 Å². The molecule has 4 rings (SSSR count). The summed E-state index contributed by atoms with van der Waals surface area (Å²) < 4.78 is 23.4. The molecule has 0 amide bonds. The number of hydrogen-bond acceptors (Lipinski definition) is 9. The van der Waals surface area contributed by atoms with E-state index in [1.807, 2.05) is 0 Å². The third-order valence-electron chi connectivity index (χ3n) is 6.90. The van der Waals surface area contributed by atoms with E-state index in [-0.39, 0.29) is 41.7 Å². The van der Waals surface area contributed by atoms with Crippen molar-refractivity contribution in [3.05, 3.63) is 47.8 Å². The maximum Gasteiger partial charge on any atom is 0.342 e.